The van der Waals surface area contributed by atoms with Gasteiger partial charge in [0.2, 0.25) is 0 Å². The first-order chi connectivity index (χ1) is 7.91. The van der Waals surface area contributed by atoms with E-state index in [1.54, 1.807) is 0 Å². The van der Waals surface area contributed by atoms with Crippen LogP contribution in [0.25, 0.3) is 0 Å². The number of benzene rings is 1. The number of hydrogen-bond acceptors (Lipinski definition) is 4. The van der Waals surface area contributed by atoms with E-state index in [2.05, 4.69) is 11.6 Å². The van der Waals surface area contributed by atoms with Gasteiger partial charge in [-0.3, -0.25) is 15.1 Å². The predicted octanol–water partition coefficient (Wildman–Crippen LogP) is 2.74. The molecule has 1 aromatic carbocycles. The van der Waals surface area contributed by atoms with Crippen LogP contribution in [0.5, 0.6) is 0 Å². The van der Waals surface area contributed by atoms with E-state index in [1.165, 1.54) is 18.2 Å². The van der Waals surface area contributed by atoms with Crippen molar-refractivity contribution in [2.75, 3.05) is 12.3 Å². The minimum atomic E-state index is -0.508. The van der Waals surface area contributed by atoms with Gasteiger partial charge in [0.1, 0.15) is 5.17 Å². The Bertz CT molecular complexity index is 497. The number of nitrogen functional groups attached to an aromatic ring is 1. The molecule has 1 aromatic rings. The molecule has 0 amide bonds. The van der Waals surface area contributed by atoms with Gasteiger partial charge in [-0.25, -0.2) is 0 Å². The summed E-state index contributed by atoms with van der Waals surface area (Å²) in [6, 6.07) is 4.06. The van der Waals surface area contributed by atoms with Crippen molar-refractivity contribution in [2.24, 2.45) is 4.99 Å². The maximum atomic E-state index is 10.6. The highest BCUT2D eigenvalue weighted by atomic mass is 35.5. The fourth-order valence-corrected chi connectivity index (χ4v) is 1.35. The summed E-state index contributed by atoms with van der Waals surface area (Å²) in [6.07, 6.45) is 0. The highest BCUT2D eigenvalue weighted by molar-refractivity contribution is 6.70. The number of nitrogens with two attached hydrogens (primary N) is 1. The van der Waals surface area contributed by atoms with Gasteiger partial charge in [0.05, 0.1) is 11.5 Å². The number of anilines is 1. The Morgan fingerprint density at radius 1 is 1.65 bits per heavy atom. The fraction of sp³-hybridized carbons (Fsp3) is 0.182. The summed E-state index contributed by atoms with van der Waals surface area (Å²) in [4.78, 5) is 14.1. The summed E-state index contributed by atoms with van der Waals surface area (Å²) in [6.45, 7) is 5.86. The molecule has 0 bridgehead atoms. The van der Waals surface area contributed by atoms with Gasteiger partial charge in [-0.1, -0.05) is 23.8 Å². The summed E-state index contributed by atoms with van der Waals surface area (Å²) in [5.41, 5.74) is 7.17. The molecule has 0 saturated carbocycles. The topological polar surface area (TPSA) is 81.5 Å². The monoisotopic (exact) mass is 253 g/mol. The molecular formula is C11H12ClN3O2. The van der Waals surface area contributed by atoms with Gasteiger partial charge in [-0.05, 0) is 13.0 Å². The molecular weight excluding hydrogens is 242 g/mol. The normalized spacial score (nSPS) is 11.3. The predicted molar refractivity (Wildman–Crippen MR) is 69.6 cm³/mol. The largest absolute Gasteiger partial charge is 0.398 e. The Hall–Kier alpha value is -1.88. The minimum absolute atomic E-state index is 0.0714. The quantitative estimate of drug-likeness (QED) is 0.294. The minimum Gasteiger partial charge on any atom is -0.398 e. The standard InChI is InChI=1S/C11H12ClN3O2/c1-7(2)6-14-11(12)9-5-8(15(16)17)3-4-10(9)13/h3-5H,1,6,13H2,2H3. The first-order valence-corrected chi connectivity index (χ1v) is 5.18. The summed E-state index contributed by atoms with van der Waals surface area (Å²) in [5, 5.41) is 10.8. The summed E-state index contributed by atoms with van der Waals surface area (Å²) in [5.74, 6) is 0. The van der Waals surface area contributed by atoms with Gasteiger partial charge in [0.25, 0.3) is 5.69 Å². The zero-order valence-corrected chi connectivity index (χ0v) is 10.1. The van der Waals surface area contributed by atoms with E-state index >= 15 is 0 Å². The molecule has 0 spiro atoms. The van der Waals surface area contributed by atoms with Gasteiger partial charge in [-0.2, -0.15) is 0 Å². The smallest absolute Gasteiger partial charge is 0.270 e. The number of hydrogen-bond donors (Lipinski definition) is 1. The molecule has 90 valence electrons. The third-order valence-electron chi connectivity index (χ3n) is 1.96. The second kappa shape index (κ2) is 5.45. The molecule has 0 aromatic heterocycles. The maximum Gasteiger partial charge on any atom is 0.270 e. The first kappa shape index (κ1) is 13.2. The van der Waals surface area contributed by atoms with Crippen molar-refractivity contribution in [1.82, 2.24) is 0 Å². The van der Waals surface area contributed by atoms with Gasteiger partial charge in [-0.15, -0.1) is 0 Å². The molecule has 0 saturated heterocycles. The zero-order chi connectivity index (χ0) is 13.0. The molecule has 6 heteroatoms. The molecule has 0 heterocycles. The number of nitrogens with zero attached hydrogens (tertiary/aromatic N) is 2. The molecule has 0 unspecified atom stereocenters. The Balaban J connectivity index is 3.11. The van der Waals surface area contributed by atoms with Crippen LogP contribution in [0.3, 0.4) is 0 Å². The molecule has 5 nitrogen and oxygen atoms in total. The van der Waals surface area contributed by atoms with E-state index < -0.39 is 4.92 Å². The van der Waals surface area contributed by atoms with Gasteiger partial charge in [0, 0.05) is 23.4 Å². The lowest BCUT2D eigenvalue weighted by atomic mass is 10.1. The third kappa shape index (κ3) is 3.57. The van der Waals surface area contributed by atoms with Crippen LogP contribution in [0.4, 0.5) is 11.4 Å². The maximum absolute atomic E-state index is 10.6. The fourth-order valence-electron chi connectivity index (χ4n) is 1.13. The van der Waals surface area contributed by atoms with Gasteiger partial charge >= 0.3 is 0 Å². The molecule has 0 aliphatic heterocycles. The molecule has 0 fully saturated rings. The van der Waals surface area contributed by atoms with Crippen molar-refractivity contribution in [2.45, 2.75) is 6.92 Å². The van der Waals surface area contributed by atoms with E-state index in [-0.39, 0.29) is 10.9 Å². The molecule has 1 rings (SSSR count). The first-order valence-electron chi connectivity index (χ1n) is 4.80. The van der Waals surface area contributed by atoms with E-state index in [0.29, 0.717) is 17.8 Å². The van der Waals surface area contributed by atoms with Crippen LogP contribution in [-0.4, -0.2) is 16.6 Å². The Labute approximate surface area is 104 Å². The van der Waals surface area contributed by atoms with E-state index in [0.717, 1.165) is 5.57 Å². The lowest BCUT2D eigenvalue weighted by molar-refractivity contribution is -0.384. The van der Waals surface area contributed by atoms with Crippen molar-refractivity contribution in [3.8, 4) is 0 Å². The van der Waals surface area contributed by atoms with Crippen molar-refractivity contribution < 1.29 is 4.92 Å². The van der Waals surface area contributed by atoms with Crippen molar-refractivity contribution in [3.05, 3.63) is 46.0 Å². The van der Waals surface area contributed by atoms with Crippen molar-refractivity contribution in [1.29, 1.82) is 0 Å². The Morgan fingerprint density at radius 3 is 2.82 bits per heavy atom. The zero-order valence-electron chi connectivity index (χ0n) is 9.31. The van der Waals surface area contributed by atoms with Crippen LogP contribution in [0.15, 0.2) is 35.3 Å². The van der Waals surface area contributed by atoms with Crippen molar-refractivity contribution in [3.63, 3.8) is 0 Å². The number of aliphatic imine (C=N–C) groups is 1. The van der Waals surface area contributed by atoms with Crippen LogP contribution in [0, 0.1) is 10.1 Å². The van der Waals surface area contributed by atoms with Crippen LogP contribution in [0.2, 0.25) is 0 Å². The average Bonchev–Trinajstić information content (AvgIpc) is 2.26. The number of halogens is 1. The van der Waals surface area contributed by atoms with Crippen LogP contribution in [-0.2, 0) is 0 Å². The average molecular weight is 254 g/mol. The van der Waals surface area contributed by atoms with E-state index in [4.69, 9.17) is 17.3 Å². The molecule has 0 atom stereocenters. The lowest BCUT2D eigenvalue weighted by Gasteiger charge is -2.03. The van der Waals surface area contributed by atoms with Gasteiger partial charge in [0.15, 0.2) is 0 Å². The number of non-ortho nitro benzene ring substituents is 1. The second-order valence-electron chi connectivity index (χ2n) is 3.59. The van der Waals surface area contributed by atoms with Gasteiger partial charge < -0.3 is 5.73 Å². The van der Waals surface area contributed by atoms with Crippen molar-refractivity contribution >= 4 is 28.1 Å². The van der Waals surface area contributed by atoms with Crippen LogP contribution >= 0.6 is 11.6 Å². The van der Waals surface area contributed by atoms with E-state index in [9.17, 15) is 10.1 Å². The Kier molecular flexibility index (Phi) is 4.23. The van der Waals surface area contributed by atoms with E-state index in [1.807, 2.05) is 6.92 Å². The number of nitro groups is 1. The molecule has 0 radical (unpaired) electrons. The highest BCUT2D eigenvalue weighted by Gasteiger charge is 2.12. The molecule has 0 aliphatic rings. The Morgan fingerprint density at radius 2 is 2.29 bits per heavy atom. The highest BCUT2D eigenvalue weighted by Crippen LogP contribution is 2.21. The SMILES string of the molecule is C=C(C)CN=C(Cl)c1cc([N+](=O)[O-])ccc1N. The molecule has 0 aliphatic carbocycles. The summed E-state index contributed by atoms with van der Waals surface area (Å²) >= 11 is 5.94. The third-order valence-corrected chi connectivity index (χ3v) is 2.28. The summed E-state index contributed by atoms with van der Waals surface area (Å²) < 4.78 is 0. The lowest BCUT2D eigenvalue weighted by Crippen LogP contribution is -2.01. The van der Waals surface area contributed by atoms with Crippen LogP contribution in [0.1, 0.15) is 12.5 Å². The molecule has 2 N–H and O–H groups in total. The van der Waals surface area contributed by atoms with Crippen LogP contribution < -0.4 is 5.73 Å². The second-order valence-corrected chi connectivity index (χ2v) is 3.95. The number of nitro benzene ring substituents is 1. The summed E-state index contributed by atoms with van der Waals surface area (Å²) in [7, 11) is 0. The molecule has 17 heavy (non-hydrogen) atoms. The number of rotatable bonds is 4.